The molecule has 0 saturated carbocycles. The number of halogens is 1. The molecule has 0 aliphatic carbocycles. The average molecular weight is 439 g/mol. The molecule has 10 heteroatoms. The van der Waals surface area contributed by atoms with E-state index < -0.39 is 0 Å². The largest absolute Gasteiger partial charge is 0.496 e. The molecule has 0 fully saturated rings. The lowest BCUT2D eigenvalue weighted by molar-refractivity contribution is 0.0948. The number of carbonyl (C=O) groups excluding carboxylic acids is 1. The van der Waals surface area contributed by atoms with Gasteiger partial charge in [0.15, 0.2) is 0 Å². The number of para-hydroxylation sites is 1. The molecular weight excluding hydrogens is 420 g/mol. The Bertz CT molecular complexity index is 1190. The van der Waals surface area contributed by atoms with E-state index in [0.29, 0.717) is 41.6 Å². The number of benzene rings is 2. The third-order valence-electron chi connectivity index (χ3n) is 4.57. The highest BCUT2D eigenvalue weighted by Gasteiger charge is 2.17. The van der Waals surface area contributed by atoms with E-state index >= 15 is 0 Å². The zero-order valence-electron chi connectivity index (χ0n) is 16.7. The second-order valence-corrected chi connectivity index (χ2v) is 6.95. The van der Waals surface area contributed by atoms with Crippen LogP contribution in [0, 0.1) is 0 Å². The molecule has 1 N–H and O–H groups in total. The highest BCUT2D eigenvalue weighted by molar-refractivity contribution is 6.33. The molecule has 4 aromatic rings. The highest BCUT2D eigenvalue weighted by Crippen LogP contribution is 2.29. The molecule has 2 heterocycles. The maximum atomic E-state index is 12.6. The maximum Gasteiger partial charge on any atom is 0.255 e. The van der Waals surface area contributed by atoms with Crippen LogP contribution in [0.1, 0.15) is 16.8 Å². The molecule has 9 nitrogen and oxygen atoms in total. The molecule has 2 aromatic heterocycles. The Morgan fingerprint density at radius 2 is 2.06 bits per heavy atom. The average Bonchev–Trinajstić information content (AvgIpc) is 3.33. The number of carbonyl (C=O) groups is 1. The van der Waals surface area contributed by atoms with E-state index in [0.717, 1.165) is 16.7 Å². The van der Waals surface area contributed by atoms with Crippen LogP contribution < -0.4 is 14.8 Å². The van der Waals surface area contributed by atoms with Crippen LogP contribution in [0.2, 0.25) is 5.02 Å². The summed E-state index contributed by atoms with van der Waals surface area (Å²) in [5.41, 5.74) is 1.65. The van der Waals surface area contributed by atoms with Gasteiger partial charge in [-0.25, -0.2) is 0 Å². The minimum Gasteiger partial charge on any atom is -0.496 e. The summed E-state index contributed by atoms with van der Waals surface area (Å²) < 4.78 is 12.6. The van der Waals surface area contributed by atoms with E-state index in [1.165, 1.54) is 24.2 Å². The summed E-state index contributed by atoms with van der Waals surface area (Å²) in [6.07, 6.45) is 3.76. The van der Waals surface area contributed by atoms with Gasteiger partial charge in [-0.15, -0.1) is 5.10 Å². The normalized spacial score (nSPS) is 10.8. The van der Waals surface area contributed by atoms with Gasteiger partial charge in [-0.2, -0.15) is 4.68 Å². The topological polar surface area (TPSA) is 104 Å². The maximum absolute atomic E-state index is 12.6. The number of fused-ring (bicyclic) bond motifs is 1. The second kappa shape index (κ2) is 9.40. The molecule has 0 bridgehead atoms. The summed E-state index contributed by atoms with van der Waals surface area (Å²) >= 11 is 6.32. The Hall–Kier alpha value is -3.72. The number of aromatic nitrogens is 5. The van der Waals surface area contributed by atoms with Crippen LogP contribution in [0.25, 0.3) is 16.6 Å². The van der Waals surface area contributed by atoms with E-state index in [9.17, 15) is 4.79 Å². The molecule has 0 atom stereocenters. The lowest BCUT2D eigenvalue weighted by Gasteiger charge is -2.13. The van der Waals surface area contributed by atoms with E-state index in [2.05, 4.69) is 25.8 Å². The van der Waals surface area contributed by atoms with Crippen molar-refractivity contribution in [1.82, 2.24) is 30.5 Å². The van der Waals surface area contributed by atoms with Gasteiger partial charge in [0.25, 0.3) is 5.91 Å². The van der Waals surface area contributed by atoms with Crippen molar-refractivity contribution in [3.63, 3.8) is 0 Å². The fourth-order valence-electron chi connectivity index (χ4n) is 3.08. The van der Waals surface area contributed by atoms with E-state index in [-0.39, 0.29) is 5.91 Å². The number of pyridine rings is 1. The number of nitrogens with one attached hydrogen (secondary N) is 1. The monoisotopic (exact) mass is 438 g/mol. The van der Waals surface area contributed by atoms with Gasteiger partial charge in [0.05, 0.1) is 30.0 Å². The number of hydrogen-bond acceptors (Lipinski definition) is 7. The zero-order valence-corrected chi connectivity index (χ0v) is 17.4. The molecule has 0 unspecified atom stereocenters. The first-order valence-corrected chi connectivity index (χ1v) is 9.91. The van der Waals surface area contributed by atoms with E-state index in [1.54, 1.807) is 12.3 Å². The predicted octanol–water partition coefficient (Wildman–Crippen LogP) is 3.07. The summed E-state index contributed by atoms with van der Waals surface area (Å²) in [6.45, 7) is 0.860. The minimum absolute atomic E-state index is 0.297. The first-order chi connectivity index (χ1) is 15.2. The van der Waals surface area contributed by atoms with Crippen LogP contribution in [0.5, 0.6) is 11.5 Å². The van der Waals surface area contributed by atoms with Gasteiger partial charge in [0, 0.05) is 24.2 Å². The van der Waals surface area contributed by atoms with Gasteiger partial charge in [-0.3, -0.25) is 9.78 Å². The first kappa shape index (κ1) is 20.5. The fourth-order valence-corrected chi connectivity index (χ4v) is 3.33. The highest BCUT2D eigenvalue weighted by atomic mass is 35.5. The lowest BCUT2D eigenvalue weighted by atomic mass is 10.1. The van der Waals surface area contributed by atoms with Crippen molar-refractivity contribution < 1.29 is 14.3 Å². The molecular formula is C21H19ClN6O3. The van der Waals surface area contributed by atoms with E-state index in [1.807, 2.05) is 30.3 Å². The van der Waals surface area contributed by atoms with Crippen molar-refractivity contribution in [3.05, 3.63) is 65.6 Å². The van der Waals surface area contributed by atoms with Gasteiger partial charge in [-0.1, -0.05) is 29.8 Å². The van der Waals surface area contributed by atoms with Crippen LogP contribution in [-0.4, -0.2) is 51.4 Å². The summed E-state index contributed by atoms with van der Waals surface area (Å²) in [7, 11) is 1.48. The molecule has 0 saturated heterocycles. The molecule has 0 aliphatic heterocycles. The van der Waals surface area contributed by atoms with Crippen LogP contribution in [0.3, 0.4) is 0 Å². The smallest absolute Gasteiger partial charge is 0.255 e. The van der Waals surface area contributed by atoms with Crippen LogP contribution >= 0.6 is 11.6 Å². The van der Waals surface area contributed by atoms with Crippen molar-refractivity contribution in [3.8, 4) is 17.2 Å². The number of hydrogen-bond donors (Lipinski definition) is 1. The van der Waals surface area contributed by atoms with E-state index in [4.69, 9.17) is 21.1 Å². The Kier molecular flexibility index (Phi) is 6.23. The summed E-state index contributed by atoms with van der Waals surface area (Å²) in [4.78, 5) is 17.0. The molecule has 2 aromatic carbocycles. The summed E-state index contributed by atoms with van der Waals surface area (Å²) in [5, 5.41) is 15.2. The second-order valence-electron chi connectivity index (χ2n) is 6.55. The standard InChI is InChI=1S/C21H19ClN6O3/c1-30-19-12-17(28-13-25-26-27-28)16(22)11-15(19)21(29)24-9-4-10-31-18-7-2-5-14-6-3-8-23-20(14)18/h2-3,5-8,11-13H,4,9-10H2,1H3,(H,24,29). The number of rotatable bonds is 8. The number of nitrogens with zero attached hydrogens (tertiary/aromatic N) is 5. The van der Waals surface area contributed by atoms with Gasteiger partial charge in [-0.05, 0) is 35.0 Å². The van der Waals surface area contributed by atoms with Crippen molar-refractivity contribution in [2.45, 2.75) is 6.42 Å². The lowest BCUT2D eigenvalue weighted by Crippen LogP contribution is -2.26. The number of amides is 1. The predicted molar refractivity (Wildman–Crippen MR) is 115 cm³/mol. The van der Waals surface area contributed by atoms with Crippen LogP contribution in [-0.2, 0) is 0 Å². The van der Waals surface area contributed by atoms with Crippen LogP contribution in [0.4, 0.5) is 0 Å². The van der Waals surface area contributed by atoms with Crippen molar-refractivity contribution in [1.29, 1.82) is 0 Å². The Balaban J connectivity index is 1.35. The number of tetrazole rings is 1. The fraction of sp³-hybridized carbons (Fsp3) is 0.190. The Morgan fingerprint density at radius 3 is 2.87 bits per heavy atom. The van der Waals surface area contributed by atoms with Crippen LogP contribution in [0.15, 0.2) is 55.0 Å². The molecule has 31 heavy (non-hydrogen) atoms. The number of methoxy groups -OCH3 is 1. The third-order valence-corrected chi connectivity index (χ3v) is 4.87. The van der Waals surface area contributed by atoms with Gasteiger partial charge < -0.3 is 14.8 Å². The Morgan fingerprint density at radius 1 is 1.19 bits per heavy atom. The van der Waals surface area contributed by atoms with Crippen molar-refractivity contribution >= 4 is 28.4 Å². The molecule has 158 valence electrons. The minimum atomic E-state index is -0.297. The number of ether oxygens (including phenoxy) is 2. The van der Waals surface area contributed by atoms with Gasteiger partial charge >= 0.3 is 0 Å². The molecule has 1 amide bonds. The first-order valence-electron chi connectivity index (χ1n) is 9.53. The van der Waals surface area contributed by atoms with Crippen molar-refractivity contribution in [2.24, 2.45) is 0 Å². The molecule has 4 rings (SSSR count). The zero-order chi connectivity index (χ0) is 21.6. The molecule has 0 aliphatic rings. The Labute approximate surface area is 182 Å². The molecule has 0 spiro atoms. The summed E-state index contributed by atoms with van der Waals surface area (Å²) in [6, 6.07) is 12.8. The molecule has 0 radical (unpaired) electrons. The SMILES string of the molecule is COc1cc(-n2cnnn2)c(Cl)cc1C(=O)NCCCOc1cccc2cccnc12. The van der Waals surface area contributed by atoms with Gasteiger partial charge in [0.2, 0.25) is 0 Å². The quantitative estimate of drug-likeness (QED) is 0.421. The third kappa shape index (κ3) is 4.56. The van der Waals surface area contributed by atoms with Crippen molar-refractivity contribution in [2.75, 3.05) is 20.3 Å². The van der Waals surface area contributed by atoms with Gasteiger partial charge in [0.1, 0.15) is 23.3 Å². The summed E-state index contributed by atoms with van der Waals surface area (Å²) in [5.74, 6) is 0.787.